The molecule has 1 aromatic heterocycles. The van der Waals surface area contributed by atoms with Crippen molar-refractivity contribution in [2.45, 2.75) is 36.8 Å². The molecule has 1 saturated heterocycles. The van der Waals surface area contributed by atoms with Crippen molar-refractivity contribution in [2.24, 2.45) is 0 Å². The molecular formula is C28H32Cl2N2O6S2. The van der Waals surface area contributed by atoms with E-state index in [1.54, 1.807) is 19.1 Å². The van der Waals surface area contributed by atoms with Crippen LogP contribution in [0.3, 0.4) is 0 Å². The summed E-state index contributed by atoms with van der Waals surface area (Å²) < 4.78 is 45.3. The Labute approximate surface area is 249 Å². The van der Waals surface area contributed by atoms with Crippen molar-refractivity contribution in [3.8, 4) is 11.5 Å². The van der Waals surface area contributed by atoms with Crippen molar-refractivity contribution < 1.29 is 27.4 Å². The second kappa shape index (κ2) is 14.0. The molecule has 1 unspecified atom stereocenters. The quantitative estimate of drug-likeness (QED) is 0.249. The average Bonchev–Trinajstić information content (AvgIpc) is 3.66. The van der Waals surface area contributed by atoms with Crippen molar-refractivity contribution in [1.82, 2.24) is 9.21 Å². The molecule has 0 saturated carbocycles. The van der Waals surface area contributed by atoms with E-state index >= 15 is 0 Å². The zero-order valence-electron chi connectivity index (χ0n) is 22.3. The highest BCUT2D eigenvalue weighted by Crippen LogP contribution is 2.30. The highest BCUT2D eigenvalue weighted by molar-refractivity contribution is 7.89. The normalized spacial score (nSPS) is 15.4. The number of methoxy groups -OCH3 is 2. The number of carbonyl (C=O) groups is 1. The molecule has 2 aromatic carbocycles. The monoisotopic (exact) mass is 626 g/mol. The molecule has 0 spiro atoms. The summed E-state index contributed by atoms with van der Waals surface area (Å²) in [6.45, 7) is 0.968. The summed E-state index contributed by atoms with van der Waals surface area (Å²) in [5.41, 5.74) is 0.955. The molecule has 1 fully saturated rings. The summed E-state index contributed by atoms with van der Waals surface area (Å²) in [4.78, 5) is 16.3. The fourth-order valence-corrected chi connectivity index (χ4v) is 7.39. The van der Waals surface area contributed by atoms with Gasteiger partial charge in [-0.3, -0.25) is 4.79 Å². The number of benzene rings is 2. The van der Waals surface area contributed by atoms with Gasteiger partial charge in [-0.25, -0.2) is 8.42 Å². The maximum Gasteiger partial charge on any atom is 0.245 e. The molecule has 2 heterocycles. The molecule has 1 aliphatic rings. The Kier molecular flexibility index (Phi) is 10.7. The van der Waals surface area contributed by atoms with Crippen LogP contribution in [0, 0.1) is 0 Å². The Hall–Kier alpha value is -2.34. The summed E-state index contributed by atoms with van der Waals surface area (Å²) >= 11 is 13.9. The Bertz CT molecular complexity index is 1400. The van der Waals surface area contributed by atoms with Crippen LogP contribution in [-0.4, -0.2) is 70.1 Å². The predicted molar refractivity (Wildman–Crippen MR) is 157 cm³/mol. The molecule has 12 heteroatoms. The lowest BCUT2D eigenvalue weighted by atomic mass is 10.1. The number of thiophene rings is 1. The molecule has 8 nitrogen and oxygen atoms in total. The molecular weight excluding hydrogens is 595 g/mol. The summed E-state index contributed by atoms with van der Waals surface area (Å²) in [5.74, 6) is 0.893. The molecule has 1 aliphatic heterocycles. The minimum Gasteiger partial charge on any atom is -0.493 e. The topological polar surface area (TPSA) is 85.4 Å². The van der Waals surface area contributed by atoms with Crippen molar-refractivity contribution in [2.75, 3.05) is 40.5 Å². The largest absolute Gasteiger partial charge is 0.493 e. The second-order valence-corrected chi connectivity index (χ2v) is 13.1. The van der Waals surface area contributed by atoms with Crippen LogP contribution >= 0.6 is 34.5 Å². The number of carbonyl (C=O) groups excluding carboxylic acids is 1. The average molecular weight is 628 g/mol. The molecule has 0 radical (unpaired) electrons. The van der Waals surface area contributed by atoms with Gasteiger partial charge in [-0.15, -0.1) is 11.3 Å². The molecule has 40 heavy (non-hydrogen) atoms. The number of sulfonamides is 1. The Balaban J connectivity index is 1.59. The molecule has 1 atom stereocenters. The lowest BCUT2D eigenvalue weighted by molar-refractivity contribution is -0.132. The van der Waals surface area contributed by atoms with Gasteiger partial charge in [0.1, 0.15) is 4.90 Å². The molecule has 0 bridgehead atoms. The van der Waals surface area contributed by atoms with Crippen molar-refractivity contribution >= 4 is 50.5 Å². The van der Waals surface area contributed by atoms with Gasteiger partial charge in [-0.05, 0) is 66.6 Å². The van der Waals surface area contributed by atoms with Crippen molar-refractivity contribution in [1.29, 1.82) is 0 Å². The standard InChI is InChI=1S/C28H32Cl2N2O6S2/c1-36-25-10-7-20(15-26(25)37-2)11-12-31(18-23-6-4-14-39-23)28(33)19-32(17-22-5-3-13-38-22)40(34,35)27-16-21(29)8-9-24(27)30/h4,6-10,14-16,22H,3,5,11-13,17-19H2,1-2H3. The van der Waals surface area contributed by atoms with Gasteiger partial charge in [0.05, 0.1) is 38.4 Å². The van der Waals surface area contributed by atoms with Crippen LogP contribution in [0.15, 0.2) is 58.8 Å². The molecule has 1 amide bonds. The molecule has 0 N–H and O–H groups in total. The van der Waals surface area contributed by atoms with Crippen LogP contribution < -0.4 is 9.47 Å². The van der Waals surface area contributed by atoms with Crippen molar-refractivity contribution in [3.63, 3.8) is 0 Å². The SMILES string of the molecule is COc1ccc(CCN(Cc2cccs2)C(=O)CN(CC2CCCO2)S(=O)(=O)c2cc(Cl)ccc2Cl)cc1OC. The van der Waals surface area contributed by atoms with Gasteiger partial charge in [0.25, 0.3) is 0 Å². The van der Waals surface area contributed by atoms with E-state index in [4.69, 9.17) is 37.4 Å². The van der Waals surface area contributed by atoms with Crippen LogP contribution in [0.2, 0.25) is 10.0 Å². The fourth-order valence-electron chi connectivity index (χ4n) is 4.51. The first kappa shape index (κ1) is 30.6. The second-order valence-electron chi connectivity index (χ2n) is 9.34. The summed E-state index contributed by atoms with van der Waals surface area (Å²) in [5, 5.41) is 2.22. The fraction of sp³-hybridized carbons (Fsp3) is 0.393. The number of halogens is 2. The molecule has 0 aliphatic carbocycles. The van der Waals surface area contributed by atoms with Gasteiger partial charge in [0.2, 0.25) is 15.9 Å². The van der Waals surface area contributed by atoms with Gasteiger partial charge in [0, 0.05) is 29.6 Å². The Morgan fingerprint density at radius 1 is 1.10 bits per heavy atom. The van der Waals surface area contributed by atoms with Gasteiger partial charge in [-0.2, -0.15) is 4.31 Å². The van der Waals surface area contributed by atoms with Gasteiger partial charge in [0.15, 0.2) is 11.5 Å². The molecule has 3 aromatic rings. The molecule has 216 valence electrons. The number of amides is 1. The van der Waals surface area contributed by atoms with E-state index < -0.39 is 10.0 Å². The van der Waals surface area contributed by atoms with Crippen LogP contribution in [0.25, 0.3) is 0 Å². The molecule has 4 rings (SSSR count). The van der Waals surface area contributed by atoms with Crippen LogP contribution in [0.4, 0.5) is 0 Å². The van der Waals surface area contributed by atoms with Crippen LogP contribution in [0.1, 0.15) is 23.3 Å². The lowest BCUT2D eigenvalue weighted by Gasteiger charge is -2.29. The van der Waals surface area contributed by atoms with E-state index in [2.05, 4.69) is 0 Å². The van der Waals surface area contributed by atoms with Crippen LogP contribution in [-0.2, 0) is 32.5 Å². The first-order chi connectivity index (χ1) is 19.2. The first-order valence-electron chi connectivity index (χ1n) is 12.8. The number of nitrogens with zero attached hydrogens (tertiary/aromatic N) is 2. The van der Waals surface area contributed by atoms with E-state index in [0.29, 0.717) is 44.0 Å². The third kappa shape index (κ3) is 7.69. The van der Waals surface area contributed by atoms with Gasteiger partial charge in [-0.1, -0.05) is 35.3 Å². The lowest BCUT2D eigenvalue weighted by Crippen LogP contribution is -2.45. The number of ether oxygens (including phenoxy) is 3. The van der Waals surface area contributed by atoms with Crippen molar-refractivity contribution in [3.05, 3.63) is 74.4 Å². The van der Waals surface area contributed by atoms with E-state index in [0.717, 1.165) is 16.9 Å². The van der Waals surface area contributed by atoms with E-state index in [1.165, 1.54) is 33.8 Å². The van der Waals surface area contributed by atoms with E-state index in [1.807, 2.05) is 35.7 Å². The minimum atomic E-state index is -4.15. The van der Waals surface area contributed by atoms with Gasteiger partial charge < -0.3 is 19.1 Å². The van der Waals surface area contributed by atoms with Crippen LogP contribution in [0.5, 0.6) is 11.5 Å². The number of hydrogen-bond donors (Lipinski definition) is 0. The number of hydrogen-bond acceptors (Lipinski definition) is 7. The number of rotatable bonds is 13. The summed E-state index contributed by atoms with van der Waals surface area (Å²) in [6, 6.07) is 13.8. The maximum atomic E-state index is 13.8. The third-order valence-corrected chi connectivity index (χ3v) is 10.0. The predicted octanol–water partition coefficient (Wildman–Crippen LogP) is 5.51. The smallest absolute Gasteiger partial charge is 0.245 e. The van der Waals surface area contributed by atoms with E-state index in [-0.39, 0.29) is 40.0 Å². The minimum absolute atomic E-state index is 0.0399. The first-order valence-corrected chi connectivity index (χ1v) is 15.9. The summed E-state index contributed by atoms with van der Waals surface area (Å²) in [7, 11) is -1.01. The van der Waals surface area contributed by atoms with Gasteiger partial charge >= 0.3 is 0 Å². The Morgan fingerprint density at radius 2 is 1.90 bits per heavy atom. The highest BCUT2D eigenvalue weighted by Gasteiger charge is 2.33. The summed E-state index contributed by atoms with van der Waals surface area (Å²) in [6.07, 6.45) is 1.77. The third-order valence-electron chi connectivity index (χ3n) is 6.65. The zero-order chi connectivity index (χ0) is 28.7. The maximum absolute atomic E-state index is 13.8. The highest BCUT2D eigenvalue weighted by atomic mass is 35.5. The zero-order valence-corrected chi connectivity index (χ0v) is 25.5. The Morgan fingerprint density at radius 3 is 2.58 bits per heavy atom. The van der Waals surface area contributed by atoms with E-state index in [9.17, 15) is 13.2 Å².